The van der Waals surface area contributed by atoms with Gasteiger partial charge in [0.25, 0.3) is 0 Å². The molecule has 0 amide bonds. The molecule has 0 N–H and O–H groups in total. The van der Waals surface area contributed by atoms with E-state index in [0.29, 0.717) is 5.52 Å². The van der Waals surface area contributed by atoms with E-state index in [1.165, 1.54) is 6.07 Å². The molecular weight excluding hydrogens is 202 g/mol. The quantitative estimate of drug-likeness (QED) is 0.710. The number of aromatic nitrogens is 1. The van der Waals surface area contributed by atoms with Gasteiger partial charge in [0, 0.05) is 5.39 Å². The first-order valence-corrected chi connectivity index (χ1v) is 5.30. The Balaban J connectivity index is 2.75. The molecule has 0 spiro atoms. The first kappa shape index (κ1) is 9.11. The molecule has 0 aliphatic heterocycles. The van der Waals surface area contributed by atoms with E-state index < -0.39 is 15.1 Å². The van der Waals surface area contributed by atoms with Crippen LogP contribution in [-0.2, 0) is 14.7 Å². The van der Waals surface area contributed by atoms with Gasteiger partial charge in [-0.25, -0.2) is 4.98 Å². The molecule has 1 heterocycles. The largest absolute Gasteiger partial charge is 0.341 e. The van der Waals surface area contributed by atoms with E-state index in [-0.39, 0.29) is 0 Å². The molecule has 2 aromatic rings. The van der Waals surface area contributed by atoms with Crippen molar-refractivity contribution < 1.29 is 13.0 Å². The summed E-state index contributed by atoms with van der Waals surface area (Å²) in [5, 5.41) is 0.371. The molecule has 14 heavy (non-hydrogen) atoms. The highest BCUT2D eigenvalue weighted by molar-refractivity contribution is 7.85. The Bertz CT molecular complexity index is 577. The summed E-state index contributed by atoms with van der Waals surface area (Å²) in [6, 6.07) is 9.78. The van der Waals surface area contributed by atoms with Gasteiger partial charge >= 0.3 is 10.1 Å². The van der Waals surface area contributed by atoms with Crippen molar-refractivity contribution in [3.63, 3.8) is 0 Å². The molecule has 1 aromatic heterocycles. The third-order valence-electron chi connectivity index (χ3n) is 1.83. The molecule has 4 nitrogen and oxygen atoms in total. The molecule has 5 heteroatoms. The standard InChI is InChI=1S/C9H6NO3S/c11-14(12,13)9-6-5-7-3-1-2-4-8(7)10-9/h1-6H. The maximum absolute atomic E-state index is 10.7. The lowest BCUT2D eigenvalue weighted by Gasteiger charge is -1.97. The Morgan fingerprint density at radius 1 is 1.00 bits per heavy atom. The van der Waals surface area contributed by atoms with Crippen molar-refractivity contribution in [2.45, 2.75) is 5.03 Å². The van der Waals surface area contributed by atoms with Crippen molar-refractivity contribution in [3.8, 4) is 0 Å². The van der Waals surface area contributed by atoms with E-state index in [9.17, 15) is 13.0 Å². The average molecular weight is 208 g/mol. The third-order valence-corrected chi connectivity index (χ3v) is 2.57. The van der Waals surface area contributed by atoms with Gasteiger partial charge in [0.1, 0.15) is 0 Å². The number of hydrogen-bond acceptors (Lipinski definition) is 3. The molecular formula is C9H6NO3S. The van der Waals surface area contributed by atoms with E-state index in [4.69, 9.17) is 0 Å². The lowest BCUT2D eigenvalue weighted by atomic mass is 10.2. The lowest BCUT2D eigenvalue weighted by Crippen LogP contribution is -1.99. The summed E-state index contributed by atoms with van der Waals surface area (Å²) in [5.74, 6) is 0. The number of fused-ring (bicyclic) bond motifs is 1. The molecule has 0 aliphatic rings. The summed E-state index contributed by atoms with van der Waals surface area (Å²) in [6.45, 7) is 0. The number of nitrogens with zero attached hydrogens (tertiary/aromatic N) is 1. The maximum Gasteiger partial charge on any atom is 0.341 e. The zero-order chi connectivity index (χ0) is 10.2. The predicted molar refractivity (Wildman–Crippen MR) is 49.6 cm³/mol. The van der Waals surface area contributed by atoms with Crippen LogP contribution in [0.1, 0.15) is 0 Å². The van der Waals surface area contributed by atoms with Crippen LogP contribution in [0.5, 0.6) is 0 Å². The Morgan fingerprint density at radius 2 is 1.71 bits per heavy atom. The van der Waals surface area contributed by atoms with Gasteiger partial charge in [-0.15, -0.1) is 0 Å². The van der Waals surface area contributed by atoms with Gasteiger partial charge in [-0.05, 0) is 18.2 Å². The summed E-state index contributed by atoms with van der Waals surface area (Å²) in [4.78, 5) is 3.75. The molecule has 71 valence electrons. The van der Waals surface area contributed by atoms with Gasteiger partial charge in [0.2, 0.25) is 0 Å². The van der Waals surface area contributed by atoms with Gasteiger partial charge < -0.3 is 0 Å². The second kappa shape index (κ2) is 3.04. The highest BCUT2D eigenvalue weighted by Crippen LogP contribution is 2.14. The first-order valence-electron chi connectivity index (χ1n) is 3.89. The molecule has 1 radical (unpaired) electrons. The van der Waals surface area contributed by atoms with Crippen LogP contribution in [0.25, 0.3) is 10.9 Å². The van der Waals surface area contributed by atoms with E-state index in [2.05, 4.69) is 4.98 Å². The van der Waals surface area contributed by atoms with Crippen LogP contribution >= 0.6 is 0 Å². The van der Waals surface area contributed by atoms with Crippen molar-refractivity contribution in [3.05, 3.63) is 36.4 Å². The fourth-order valence-electron chi connectivity index (χ4n) is 1.19. The summed E-state index contributed by atoms with van der Waals surface area (Å²) < 4.78 is 32.0. The summed E-state index contributed by atoms with van der Waals surface area (Å²) in [5.41, 5.74) is 0.504. The van der Waals surface area contributed by atoms with E-state index in [1.54, 1.807) is 24.3 Å². The SMILES string of the molecule is [O]S(=O)(=O)c1ccc2ccccc2n1. The number of hydrogen-bond donors (Lipinski definition) is 0. The molecule has 0 aliphatic carbocycles. The van der Waals surface area contributed by atoms with Crippen molar-refractivity contribution in [1.82, 2.24) is 4.98 Å². The zero-order valence-corrected chi connectivity index (χ0v) is 7.86. The normalized spacial score (nSPS) is 11.8. The van der Waals surface area contributed by atoms with Crippen LogP contribution in [0.15, 0.2) is 41.4 Å². The highest BCUT2D eigenvalue weighted by Gasteiger charge is 2.13. The Hall–Kier alpha value is -1.46. The van der Waals surface area contributed by atoms with Crippen molar-refractivity contribution in [2.24, 2.45) is 0 Å². The number of para-hydroxylation sites is 1. The van der Waals surface area contributed by atoms with Crippen LogP contribution in [-0.4, -0.2) is 13.4 Å². The Labute approximate surface area is 81.0 Å². The predicted octanol–water partition coefficient (Wildman–Crippen LogP) is 1.35. The molecule has 0 unspecified atom stereocenters. The van der Waals surface area contributed by atoms with Crippen molar-refractivity contribution in [2.75, 3.05) is 0 Å². The van der Waals surface area contributed by atoms with Gasteiger partial charge in [-0.3, -0.25) is 0 Å². The fraction of sp³-hybridized carbons (Fsp3) is 0. The van der Waals surface area contributed by atoms with Crippen molar-refractivity contribution in [1.29, 1.82) is 0 Å². The molecule has 0 bridgehead atoms. The molecule has 0 saturated heterocycles. The Morgan fingerprint density at radius 3 is 2.43 bits per heavy atom. The minimum Gasteiger partial charge on any atom is -0.234 e. The monoisotopic (exact) mass is 208 g/mol. The second-order valence-electron chi connectivity index (χ2n) is 2.80. The Kier molecular flexibility index (Phi) is 1.98. The summed E-state index contributed by atoms with van der Waals surface area (Å²) >= 11 is 0. The molecule has 0 fully saturated rings. The minimum atomic E-state index is -4.46. The van der Waals surface area contributed by atoms with Crippen LogP contribution in [0.2, 0.25) is 0 Å². The maximum atomic E-state index is 10.7. The van der Waals surface area contributed by atoms with Crippen molar-refractivity contribution >= 4 is 21.0 Å². The number of rotatable bonds is 1. The smallest absolute Gasteiger partial charge is 0.234 e. The van der Waals surface area contributed by atoms with Gasteiger partial charge in [-0.1, -0.05) is 22.8 Å². The fourth-order valence-corrected chi connectivity index (χ4v) is 1.63. The average Bonchev–Trinajstić information content (AvgIpc) is 2.16. The van der Waals surface area contributed by atoms with Gasteiger partial charge in [0.15, 0.2) is 5.03 Å². The van der Waals surface area contributed by atoms with E-state index in [1.807, 2.05) is 6.07 Å². The minimum absolute atomic E-state index is 0.434. The van der Waals surface area contributed by atoms with Crippen LogP contribution in [0.3, 0.4) is 0 Å². The molecule has 1 aromatic carbocycles. The zero-order valence-electron chi connectivity index (χ0n) is 7.04. The van der Waals surface area contributed by atoms with E-state index >= 15 is 0 Å². The molecule has 0 saturated carbocycles. The van der Waals surface area contributed by atoms with Crippen LogP contribution in [0, 0.1) is 0 Å². The summed E-state index contributed by atoms with van der Waals surface area (Å²) in [6.07, 6.45) is 0. The number of pyridine rings is 1. The van der Waals surface area contributed by atoms with Gasteiger partial charge in [-0.2, -0.15) is 8.42 Å². The topological polar surface area (TPSA) is 66.9 Å². The third kappa shape index (κ3) is 1.59. The highest BCUT2D eigenvalue weighted by atomic mass is 32.2. The van der Waals surface area contributed by atoms with Crippen LogP contribution in [0.4, 0.5) is 0 Å². The molecule has 2 rings (SSSR count). The van der Waals surface area contributed by atoms with Gasteiger partial charge in [0.05, 0.1) is 5.52 Å². The second-order valence-corrected chi connectivity index (χ2v) is 4.12. The summed E-state index contributed by atoms with van der Waals surface area (Å²) in [7, 11) is -4.46. The first-order chi connectivity index (χ1) is 6.57. The number of benzene rings is 1. The lowest BCUT2D eigenvalue weighted by molar-refractivity contribution is 0.411. The van der Waals surface area contributed by atoms with E-state index in [0.717, 1.165) is 5.39 Å². The molecule has 0 atom stereocenters. The van der Waals surface area contributed by atoms with Crippen LogP contribution < -0.4 is 0 Å².